The van der Waals surface area contributed by atoms with Gasteiger partial charge in [-0.25, -0.2) is 15.0 Å². The van der Waals surface area contributed by atoms with E-state index in [2.05, 4.69) is 15.0 Å². The number of anilines is 1. The maximum absolute atomic E-state index is 13.2. The summed E-state index contributed by atoms with van der Waals surface area (Å²) in [5.74, 6) is 0.145. The highest BCUT2D eigenvalue weighted by Crippen LogP contribution is 2.40. The molecule has 6 rings (SSSR count). The van der Waals surface area contributed by atoms with Crippen molar-refractivity contribution in [1.29, 1.82) is 0 Å². The number of imidazole rings is 1. The first kappa shape index (κ1) is 32.9. The predicted molar refractivity (Wildman–Crippen MR) is 180 cm³/mol. The minimum absolute atomic E-state index is 0.00526. The number of rotatable bonds is 14. The number of benzene rings is 4. The Morgan fingerprint density at radius 3 is 1.90 bits per heavy atom. The van der Waals surface area contributed by atoms with Crippen LogP contribution >= 0.6 is 0 Å². The summed E-state index contributed by atoms with van der Waals surface area (Å²) in [6.07, 6.45) is 0.620. The van der Waals surface area contributed by atoms with Gasteiger partial charge in [0.1, 0.15) is 30.2 Å². The number of nitrogens with zero attached hydrogens (tertiary/aromatic N) is 4. The summed E-state index contributed by atoms with van der Waals surface area (Å²) < 4.78 is 46.7. The van der Waals surface area contributed by atoms with Crippen LogP contribution < -0.4 is 5.73 Å². The van der Waals surface area contributed by atoms with Crippen molar-refractivity contribution in [2.24, 2.45) is 0 Å². The first-order valence-corrected chi connectivity index (χ1v) is 16.7. The molecule has 2 heterocycles. The van der Waals surface area contributed by atoms with Gasteiger partial charge >= 0.3 is 0 Å². The molecule has 0 saturated carbocycles. The van der Waals surface area contributed by atoms with E-state index in [9.17, 15) is 13.5 Å². The van der Waals surface area contributed by atoms with Crippen LogP contribution in [0.1, 0.15) is 28.5 Å². The number of aryl methyl sites for hydroxylation is 1. The van der Waals surface area contributed by atoms with Crippen molar-refractivity contribution in [3.05, 3.63) is 150 Å². The Labute approximate surface area is 278 Å². The summed E-state index contributed by atoms with van der Waals surface area (Å²) in [7, 11) is -4.18. The zero-order chi connectivity index (χ0) is 33.6. The minimum Gasteiger partial charge on any atom is -0.394 e. The van der Waals surface area contributed by atoms with Crippen molar-refractivity contribution >= 4 is 27.1 Å². The number of hydrogen-bond acceptors (Lipinski definition) is 10. The van der Waals surface area contributed by atoms with Crippen LogP contribution in [0.25, 0.3) is 11.2 Å². The molecule has 0 amide bonds. The number of fused-ring (bicyclic) bond motifs is 1. The van der Waals surface area contributed by atoms with Crippen molar-refractivity contribution in [3.8, 4) is 0 Å². The highest BCUT2D eigenvalue weighted by atomic mass is 32.2. The van der Waals surface area contributed by atoms with Gasteiger partial charge in [0.2, 0.25) is 0 Å². The average Bonchev–Trinajstić information content (AvgIpc) is 3.56. The lowest BCUT2D eigenvalue weighted by Gasteiger charge is -2.37. The standard InChI is InChI=1S/C36H35N5O6S/c1-26-17-19-31(20-18-26)48(43,44)46-23-32(41-25-40-33-34(37)38-24-39-35(33)41)47-30(21-42)22-45-36(27-11-5-2-6-12-27,28-13-7-3-8-14-28)29-15-9-4-10-16-29/h2-20,24-25,30,32,42H,21-23H2,1H3,(H2,37,38,39). The van der Waals surface area contributed by atoms with Gasteiger partial charge < -0.3 is 20.3 Å². The molecule has 4 aromatic carbocycles. The van der Waals surface area contributed by atoms with Gasteiger partial charge in [0.15, 0.2) is 17.7 Å². The molecule has 0 aliphatic carbocycles. The molecule has 12 heteroatoms. The molecule has 0 spiro atoms. The van der Waals surface area contributed by atoms with E-state index in [1.807, 2.05) is 97.9 Å². The van der Waals surface area contributed by atoms with Gasteiger partial charge in [-0.15, -0.1) is 0 Å². The molecule has 2 aromatic heterocycles. The number of nitrogens with two attached hydrogens (primary N) is 1. The fourth-order valence-electron chi connectivity index (χ4n) is 5.53. The van der Waals surface area contributed by atoms with Crippen LogP contribution in [-0.2, 0) is 29.4 Å². The fraction of sp³-hybridized carbons (Fsp3) is 0.194. The second kappa shape index (κ2) is 14.4. The van der Waals surface area contributed by atoms with Gasteiger partial charge in [0.25, 0.3) is 10.1 Å². The van der Waals surface area contributed by atoms with Crippen LogP contribution in [0.4, 0.5) is 5.82 Å². The molecule has 0 fully saturated rings. The summed E-state index contributed by atoms with van der Waals surface area (Å²) in [5.41, 5.74) is 9.08. The van der Waals surface area contributed by atoms with E-state index in [-0.39, 0.29) is 17.3 Å². The van der Waals surface area contributed by atoms with Crippen LogP contribution in [0.15, 0.2) is 133 Å². The molecule has 0 bridgehead atoms. The number of ether oxygens (including phenoxy) is 2. The van der Waals surface area contributed by atoms with Gasteiger partial charge in [-0.3, -0.25) is 8.75 Å². The number of aliphatic hydroxyl groups is 1. The van der Waals surface area contributed by atoms with Crippen molar-refractivity contribution in [3.63, 3.8) is 0 Å². The summed E-state index contributed by atoms with van der Waals surface area (Å²) in [6.45, 7) is 0.834. The normalized spacial score (nSPS) is 13.4. The number of aromatic nitrogens is 4. The second-order valence-electron chi connectivity index (χ2n) is 11.1. The quantitative estimate of drug-likeness (QED) is 0.120. The molecule has 6 aromatic rings. The van der Waals surface area contributed by atoms with Crippen molar-refractivity contribution < 1.29 is 27.2 Å². The topological polar surface area (TPSA) is 152 Å². The van der Waals surface area contributed by atoms with Crippen molar-refractivity contribution in [2.75, 3.05) is 25.6 Å². The van der Waals surface area contributed by atoms with Crippen LogP contribution in [0.3, 0.4) is 0 Å². The maximum atomic E-state index is 13.2. The SMILES string of the molecule is Cc1ccc(S(=O)(=O)OCC(OC(CO)COC(c2ccccc2)(c2ccccc2)c2ccccc2)n2cnc3c(N)ncnc32)cc1. The van der Waals surface area contributed by atoms with E-state index in [0.717, 1.165) is 22.3 Å². The van der Waals surface area contributed by atoms with Crippen molar-refractivity contribution in [1.82, 2.24) is 19.5 Å². The Bertz CT molecular complexity index is 1950. The van der Waals surface area contributed by atoms with E-state index < -0.39 is 41.3 Å². The number of nitrogen functional groups attached to an aromatic ring is 1. The van der Waals surface area contributed by atoms with E-state index >= 15 is 0 Å². The summed E-state index contributed by atoms with van der Waals surface area (Å²) in [5, 5.41) is 10.6. The number of aliphatic hydroxyl groups excluding tert-OH is 1. The minimum atomic E-state index is -4.18. The lowest BCUT2D eigenvalue weighted by Crippen LogP contribution is -2.38. The molecule has 0 aliphatic heterocycles. The Balaban J connectivity index is 1.34. The Morgan fingerprint density at radius 1 is 0.792 bits per heavy atom. The third-order valence-electron chi connectivity index (χ3n) is 7.95. The molecular weight excluding hydrogens is 630 g/mol. The Kier molecular flexibility index (Phi) is 9.90. The average molecular weight is 666 g/mol. The van der Waals surface area contributed by atoms with Gasteiger partial charge in [0, 0.05) is 0 Å². The highest BCUT2D eigenvalue weighted by molar-refractivity contribution is 7.86. The Morgan fingerprint density at radius 2 is 1.35 bits per heavy atom. The second-order valence-corrected chi connectivity index (χ2v) is 12.7. The third-order valence-corrected chi connectivity index (χ3v) is 9.25. The first-order chi connectivity index (χ1) is 23.3. The zero-order valence-corrected chi connectivity index (χ0v) is 27.0. The molecule has 246 valence electrons. The zero-order valence-electron chi connectivity index (χ0n) is 26.2. The van der Waals surface area contributed by atoms with Crippen LogP contribution in [-0.4, -0.2) is 59.0 Å². The summed E-state index contributed by atoms with van der Waals surface area (Å²) in [4.78, 5) is 12.6. The third kappa shape index (κ3) is 6.84. The maximum Gasteiger partial charge on any atom is 0.297 e. The van der Waals surface area contributed by atoms with E-state index in [1.54, 1.807) is 12.1 Å². The predicted octanol–water partition coefficient (Wildman–Crippen LogP) is 5.01. The summed E-state index contributed by atoms with van der Waals surface area (Å²) >= 11 is 0. The molecule has 0 saturated heterocycles. The molecule has 2 atom stereocenters. The van der Waals surface area contributed by atoms with Gasteiger partial charge in [0.05, 0.1) is 24.4 Å². The first-order valence-electron chi connectivity index (χ1n) is 15.3. The van der Waals surface area contributed by atoms with Gasteiger partial charge in [-0.1, -0.05) is 109 Å². The summed E-state index contributed by atoms with van der Waals surface area (Å²) in [6, 6.07) is 35.7. The molecule has 2 unspecified atom stereocenters. The largest absolute Gasteiger partial charge is 0.394 e. The van der Waals surface area contributed by atoms with Gasteiger partial charge in [-0.2, -0.15) is 8.42 Å². The monoisotopic (exact) mass is 665 g/mol. The smallest absolute Gasteiger partial charge is 0.297 e. The van der Waals surface area contributed by atoms with E-state index in [1.165, 1.54) is 29.4 Å². The van der Waals surface area contributed by atoms with Gasteiger partial charge in [-0.05, 0) is 35.7 Å². The molecule has 11 nitrogen and oxygen atoms in total. The van der Waals surface area contributed by atoms with Crippen molar-refractivity contribution in [2.45, 2.75) is 29.8 Å². The van der Waals surface area contributed by atoms with E-state index in [0.29, 0.717) is 11.2 Å². The lowest BCUT2D eigenvalue weighted by molar-refractivity contribution is -0.133. The lowest BCUT2D eigenvalue weighted by atomic mass is 9.80. The van der Waals surface area contributed by atoms with Crippen LogP contribution in [0, 0.1) is 6.92 Å². The number of hydrogen-bond donors (Lipinski definition) is 2. The highest BCUT2D eigenvalue weighted by Gasteiger charge is 2.38. The molecule has 3 N–H and O–H groups in total. The molecule has 0 radical (unpaired) electrons. The van der Waals surface area contributed by atoms with E-state index in [4.69, 9.17) is 19.4 Å². The van der Waals surface area contributed by atoms with Crippen LogP contribution in [0.5, 0.6) is 0 Å². The Hall–Kier alpha value is -4.98. The van der Waals surface area contributed by atoms with Crippen LogP contribution in [0.2, 0.25) is 0 Å². The molecular formula is C36H35N5O6S. The molecule has 0 aliphatic rings. The fourth-order valence-corrected chi connectivity index (χ4v) is 6.43. The molecule has 48 heavy (non-hydrogen) atoms.